The van der Waals surface area contributed by atoms with Crippen molar-refractivity contribution < 1.29 is 0 Å². The third-order valence-corrected chi connectivity index (χ3v) is 2.57. The van der Waals surface area contributed by atoms with Crippen LogP contribution in [0.2, 0.25) is 0 Å². The Hall–Kier alpha value is -1.08. The lowest BCUT2D eigenvalue weighted by Crippen LogP contribution is -2.10. The molecule has 0 aromatic heterocycles. The molecule has 0 aliphatic carbocycles. The Morgan fingerprint density at radius 1 is 1.33 bits per heavy atom. The van der Waals surface area contributed by atoms with Gasteiger partial charge in [-0.15, -0.1) is 6.58 Å². The lowest BCUT2D eigenvalue weighted by molar-refractivity contribution is 0.713. The van der Waals surface area contributed by atoms with E-state index in [-0.39, 0.29) is 6.04 Å². The second kappa shape index (κ2) is 5.13. The minimum atomic E-state index is 0.0844. The molecule has 0 heterocycles. The first-order chi connectivity index (χ1) is 7.00. The minimum absolute atomic E-state index is 0.0844. The van der Waals surface area contributed by atoms with E-state index in [0.717, 1.165) is 12.0 Å². The van der Waals surface area contributed by atoms with E-state index in [0.29, 0.717) is 5.92 Å². The summed E-state index contributed by atoms with van der Waals surface area (Å²) in [7, 11) is 0. The maximum absolute atomic E-state index is 6.10. The van der Waals surface area contributed by atoms with Crippen LogP contribution in [0.5, 0.6) is 0 Å². The Bertz CT molecular complexity index is 339. The molecule has 0 bridgehead atoms. The summed E-state index contributed by atoms with van der Waals surface area (Å²) in [5.74, 6) is 0.557. The van der Waals surface area contributed by atoms with Crippen LogP contribution in [0.4, 0.5) is 0 Å². The topological polar surface area (TPSA) is 26.0 Å². The molecule has 0 aliphatic heterocycles. The summed E-state index contributed by atoms with van der Waals surface area (Å²) in [5.41, 5.74) is 9.80. The average Bonchev–Trinajstić information content (AvgIpc) is 2.17. The molecular weight excluding hydrogens is 182 g/mol. The fourth-order valence-corrected chi connectivity index (χ4v) is 1.64. The standard InChI is InChI=1S/C14H21N/c1-10(2)8-14(15)13-7-5-6-12(9-13)11(3)4/h5-7,9,11,14H,1,8,15H2,2-4H3/t14-/m1/s1. The Morgan fingerprint density at radius 3 is 2.47 bits per heavy atom. The summed E-state index contributed by atoms with van der Waals surface area (Å²) < 4.78 is 0. The molecule has 1 aromatic carbocycles. The summed E-state index contributed by atoms with van der Waals surface area (Å²) in [6.45, 7) is 10.3. The molecule has 0 radical (unpaired) electrons. The number of hydrogen-bond donors (Lipinski definition) is 1. The van der Waals surface area contributed by atoms with Crippen LogP contribution in [0, 0.1) is 0 Å². The van der Waals surface area contributed by atoms with Crippen molar-refractivity contribution in [3.05, 3.63) is 47.5 Å². The Balaban J connectivity index is 2.85. The maximum Gasteiger partial charge on any atom is 0.0332 e. The summed E-state index contributed by atoms with van der Waals surface area (Å²) in [4.78, 5) is 0. The van der Waals surface area contributed by atoms with Crippen LogP contribution in [0.25, 0.3) is 0 Å². The van der Waals surface area contributed by atoms with Crippen LogP contribution in [0.3, 0.4) is 0 Å². The van der Waals surface area contributed by atoms with E-state index in [4.69, 9.17) is 5.73 Å². The van der Waals surface area contributed by atoms with Crippen molar-refractivity contribution in [2.45, 2.75) is 39.2 Å². The lowest BCUT2D eigenvalue weighted by atomic mass is 9.95. The molecule has 1 atom stereocenters. The summed E-state index contributed by atoms with van der Waals surface area (Å²) in [6.07, 6.45) is 0.863. The van der Waals surface area contributed by atoms with Crippen molar-refractivity contribution in [2.75, 3.05) is 0 Å². The van der Waals surface area contributed by atoms with Crippen molar-refractivity contribution in [1.29, 1.82) is 0 Å². The van der Waals surface area contributed by atoms with Gasteiger partial charge in [-0.05, 0) is 30.4 Å². The van der Waals surface area contributed by atoms with E-state index >= 15 is 0 Å². The van der Waals surface area contributed by atoms with Gasteiger partial charge in [0.25, 0.3) is 0 Å². The van der Waals surface area contributed by atoms with E-state index in [1.165, 1.54) is 11.1 Å². The molecule has 1 rings (SSSR count). The molecule has 1 heteroatoms. The summed E-state index contributed by atoms with van der Waals surface area (Å²) in [5, 5.41) is 0. The van der Waals surface area contributed by atoms with Gasteiger partial charge in [0.1, 0.15) is 0 Å². The second-order valence-electron chi connectivity index (χ2n) is 4.59. The van der Waals surface area contributed by atoms with E-state index < -0.39 is 0 Å². The molecule has 1 nitrogen and oxygen atoms in total. The molecule has 15 heavy (non-hydrogen) atoms. The zero-order valence-corrected chi connectivity index (χ0v) is 9.96. The van der Waals surface area contributed by atoms with Gasteiger partial charge >= 0.3 is 0 Å². The molecule has 0 spiro atoms. The average molecular weight is 203 g/mol. The number of nitrogens with two attached hydrogens (primary N) is 1. The van der Waals surface area contributed by atoms with Crippen molar-refractivity contribution in [1.82, 2.24) is 0 Å². The number of rotatable bonds is 4. The van der Waals surface area contributed by atoms with Gasteiger partial charge in [-0.25, -0.2) is 0 Å². The normalized spacial score (nSPS) is 12.9. The first kappa shape index (κ1) is 12.0. The van der Waals surface area contributed by atoms with Gasteiger partial charge in [0, 0.05) is 6.04 Å². The zero-order valence-electron chi connectivity index (χ0n) is 9.96. The Kier molecular flexibility index (Phi) is 4.10. The van der Waals surface area contributed by atoms with E-state index in [2.05, 4.69) is 44.7 Å². The molecule has 0 saturated heterocycles. The van der Waals surface area contributed by atoms with Gasteiger partial charge in [0.2, 0.25) is 0 Å². The highest BCUT2D eigenvalue weighted by Crippen LogP contribution is 2.22. The van der Waals surface area contributed by atoms with Crippen LogP contribution in [-0.2, 0) is 0 Å². The van der Waals surface area contributed by atoms with Crippen LogP contribution < -0.4 is 5.73 Å². The lowest BCUT2D eigenvalue weighted by Gasteiger charge is -2.14. The van der Waals surface area contributed by atoms with Crippen molar-refractivity contribution in [2.24, 2.45) is 5.73 Å². The molecule has 82 valence electrons. The van der Waals surface area contributed by atoms with Crippen LogP contribution in [0.15, 0.2) is 36.4 Å². The van der Waals surface area contributed by atoms with Crippen molar-refractivity contribution >= 4 is 0 Å². The van der Waals surface area contributed by atoms with Gasteiger partial charge in [-0.1, -0.05) is 43.7 Å². The van der Waals surface area contributed by atoms with E-state index in [1.807, 2.05) is 6.92 Å². The van der Waals surface area contributed by atoms with Gasteiger partial charge in [-0.2, -0.15) is 0 Å². The summed E-state index contributed by atoms with van der Waals surface area (Å²) >= 11 is 0. The minimum Gasteiger partial charge on any atom is -0.324 e. The molecule has 0 aliphatic rings. The van der Waals surface area contributed by atoms with Crippen LogP contribution >= 0.6 is 0 Å². The largest absolute Gasteiger partial charge is 0.324 e. The van der Waals surface area contributed by atoms with Gasteiger partial charge < -0.3 is 5.73 Å². The number of benzene rings is 1. The van der Waals surface area contributed by atoms with Crippen LogP contribution in [0.1, 0.15) is 50.3 Å². The zero-order chi connectivity index (χ0) is 11.4. The number of hydrogen-bond acceptors (Lipinski definition) is 1. The predicted octanol–water partition coefficient (Wildman–Crippen LogP) is 3.78. The fourth-order valence-electron chi connectivity index (χ4n) is 1.64. The molecule has 0 fully saturated rings. The quantitative estimate of drug-likeness (QED) is 0.740. The smallest absolute Gasteiger partial charge is 0.0332 e. The molecule has 2 N–H and O–H groups in total. The third-order valence-electron chi connectivity index (χ3n) is 2.57. The molecule has 1 aromatic rings. The Labute approximate surface area is 93.0 Å². The monoisotopic (exact) mass is 203 g/mol. The van der Waals surface area contributed by atoms with Gasteiger partial charge in [0.15, 0.2) is 0 Å². The van der Waals surface area contributed by atoms with Crippen molar-refractivity contribution in [3.63, 3.8) is 0 Å². The fraction of sp³-hybridized carbons (Fsp3) is 0.429. The third kappa shape index (κ3) is 3.52. The maximum atomic E-state index is 6.10. The molecule has 0 amide bonds. The molecule has 0 unspecified atom stereocenters. The summed E-state index contributed by atoms with van der Waals surface area (Å²) in [6, 6.07) is 8.63. The second-order valence-corrected chi connectivity index (χ2v) is 4.59. The predicted molar refractivity (Wildman–Crippen MR) is 66.9 cm³/mol. The van der Waals surface area contributed by atoms with Crippen molar-refractivity contribution in [3.8, 4) is 0 Å². The SMILES string of the molecule is C=C(C)C[C@@H](N)c1cccc(C(C)C)c1. The van der Waals surface area contributed by atoms with Gasteiger partial charge in [-0.3, -0.25) is 0 Å². The van der Waals surface area contributed by atoms with E-state index in [1.54, 1.807) is 0 Å². The highest BCUT2D eigenvalue weighted by molar-refractivity contribution is 5.28. The Morgan fingerprint density at radius 2 is 1.93 bits per heavy atom. The van der Waals surface area contributed by atoms with Crippen LogP contribution in [-0.4, -0.2) is 0 Å². The molecular formula is C14H21N. The van der Waals surface area contributed by atoms with E-state index in [9.17, 15) is 0 Å². The molecule has 0 saturated carbocycles. The first-order valence-electron chi connectivity index (χ1n) is 5.50. The highest BCUT2D eigenvalue weighted by atomic mass is 14.6. The first-order valence-corrected chi connectivity index (χ1v) is 5.50. The highest BCUT2D eigenvalue weighted by Gasteiger charge is 2.07. The van der Waals surface area contributed by atoms with Gasteiger partial charge in [0.05, 0.1) is 0 Å².